The molecule has 0 spiro atoms. The van der Waals surface area contributed by atoms with Crippen LogP contribution in [0.25, 0.3) is 0 Å². The van der Waals surface area contributed by atoms with E-state index in [-0.39, 0.29) is 10.5 Å². The van der Waals surface area contributed by atoms with Gasteiger partial charge in [-0.15, -0.1) is 0 Å². The molecule has 106 valence electrons. The number of carbonyl (C=O) groups is 1. The van der Waals surface area contributed by atoms with Gasteiger partial charge in [-0.05, 0) is 25.8 Å². The van der Waals surface area contributed by atoms with Crippen LogP contribution in [0.2, 0.25) is 0 Å². The highest BCUT2D eigenvalue weighted by atomic mass is 127. The SMILES string of the molecule is CCOC(=O)C(F)(F)CC(I)Cc1ccc(C)cc1. The van der Waals surface area contributed by atoms with Crippen molar-refractivity contribution >= 4 is 28.6 Å². The molecule has 0 aliphatic rings. The van der Waals surface area contributed by atoms with Crippen molar-refractivity contribution in [1.29, 1.82) is 0 Å². The minimum Gasteiger partial charge on any atom is -0.462 e. The van der Waals surface area contributed by atoms with E-state index in [9.17, 15) is 13.6 Å². The van der Waals surface area contributed by atoms with Crippen LogP contribution in [0.4, 0.5) is 8.78 Å². The Morgan fingerprint density at radius 1 is 1.37 bits per heavy atom. The van der Waals surface area contributed by atoms with E-state index in [0.29, 0.717) is 6.42 Å². The number of carbonyl (C=O) groups excluding carboxylic acids is 1. The highest BCUT2D eigenvalue weighted by Gasteiger charge is 2.42. The monoisotopic (exact) mass is 382 g/mol. The molecule has 0 N–H and O–H groups in total. The van der Waals surface area contributed by atoms with Gasteiger partial charge in [0.15, 0.2) is 0 Å². The molecular formula is C14H17F2IO2. The fourth-order valence-corrected chi connectivity index (χ4v) is 2.71. The minimum absolute atomic E-state index is 0.0295. The molecule has 2 nitrogen and oxygen atoms in total. The zero-order chi connectivity index (χ0) is 14.5. The first-order valence-electron chi connectivity index (χ1n) is 6.10. The smallest absolute Gasteiger partial charge is 0.377 e. The van der Waals surface area contributed by atoms with Crippen molar-refractivity contribution < 1.29 is 18.3 Å². The molecule has 0 saturated carbocycles. The predicted molar refractivity (Wildman–Crippen MR) is 78.9 cm³/mol. The average molecular weight is 382 g/mol. The maximum atomic E-state index is 13.5. The van der Waals surface area contributed by atoms with Gasteiger partial charge >= 0.3 is 11.9 Å². The lowest BCUT2D eigenvalue weighted by atomic mass is 10.0. The average Bonchev–Trinajstić information content (AvgIpc) is 2.31. The van der Waals surface area contributed by atoms with Crippen molar-refractivity contribution in [3.8, 4) is 0 Å². The number of hydrogen-bond donors (Lipinski definition) is 0. The molecule has 1 unspecified atom stereocenters. The lowest BCUT2D eigenvalue weighted by Crippen LogP contribution is -2.33. The molecule has 0 aliphatic heterocycles. The standard InChI is InChI=1S/C14H17F2IO2/c1-3-19-13(18)14(15,16)9-12(17)8-11-6-4-10(2)5-7-11/h4-7,12H,3,8-9H2,1-2H3. The fraction of sp³-hybridized carbons (Fsp3) is 0.500. The Balaban J connectivity index is 2.56. The largest absolute Gasteiger partial charge is 0.462 e. The van der Waals surface area contributed by atoms with E-state index in [1.807, 2.05) is 53.8 Å². The molecular weight excluding hydrogens is 365 g/mol. The van der Waals surface area contributed by atoms with Gasteiger partial charge in [-0.3, -0.25) is 0 Å². The van der Waals surface area contributed by atoms with Gasteiger partial charge in [0.25, 0.3) is 0 Å². The van der Waals surface area contributed by atoms with E-state index < -0.39 is 18.3 Å². The normalized spacial score (nSPS) is 13.1. The molecule has 0 heterocycles. The number of halogens is 3. The van der Waals surface area contributed by atoms with Crippen molar-refractivity contribution in [2.75, 3.05) is 6.61 Å². The van der Waals surface area contributed by atoms with Gasteiger partial charge in [-0.25, -0.2) is 4.79 Å². The Labute approximate surface area is 125 Å². The minimum atomic E-state index is -3.41. The van der Waals surface area contributed by atoms with E-state index in [0.717, 1.165) is 11.1 Å². The van der Waals surface area contributed by atoms with Crippen LogP contribution >= 0.6 is 22.6 Å². The van der Waals surface area contributed by atoms with Gasteiger partial charge < -0.3 is 4.74 Å². The lowest BCUT2D eigenvalue weighted by Gasteiger charge is -2.18. The summed E-state index contributed by atoms with van der Waals surface area (Å²) in [5, 5.41) is 0. The second-order valence-electron chi connectivity index (χ2n) is 4.42. The molecule has 0 radical (unpaired) electrons. The molecule has 0 saturated heterocycles. The first-order chi connectivity index (χ1) is 8.85. The highest BCUT2D eigenvalue weighted by Crippen LogP contribution is 2.27. The van der Waals surface area contributed by atoms with Crippen LogP contribution in [-0.2, 0) is 16.0 Å². The van der Waals surface area contributed by atoms with Crippen LogP contribution in [0.1, 0.15) is 24.5 Å². The highest BCUT2D eigenvalue weighted by molar-refractivity contribution is 14.1. The third-order valence-electron chi connectivity index (χ3n) is 2.63. The number of rotatable bonds is 6. The van der Waals surface area contributed by atoms with E-state index in [1.54, 1.807) is 0 Å². The Hall–Kier alpha value is -0.720. The molecule has 0 fully saturated rings. The third-order valence-corrected chi connectivity index (χ3v) is 3.51. The summed E-state index contributed by atoms with van der Waals surface area (Å²) >= 11 is 1.95. The number of benzene rings is 1. The third kappa shape index (κ3) is 5.42. The molecule has 1 aromatic carbocycles. The second kappa shape index (κ2) is 7.17. The van der Waals surface area contributed by atoms with Crippen LogP contribution in [0.3, 0.4) is 0 Å². The maximum Gasteiger partial charge on any atom is 0.377 e. The molecule has 1 rings (SSSR count). The summed E-state index contributed by atoms with van der Waals surface area (Å²) in [7, 11) is 0. The van der Waals surface area contributed by atoms with Crippen molar-refractivity contribution in [1.82, 2.24) is 0 Å². The van der Waals surface area contributed by atoms with Gasteiger partial charge in [0.2, 0.25) is 0 Å². The van der Waals surface area contributed by atoms with Gasteiger partial charge in [0.1, 0.15) is 0 Å². The Bertz CT molecular complexity index is 418. The molecule has 19 heavy (non-hydrogen) atoms. The van der Waals surface area contributed by atoms with E-state index >= 15 is 0 Å². The topological polar surface area (TPSA) is 26.3 Å². The molecule has 1 atom stereocenters. The summed E-state index contributed by atoms with van der Waals surface area (Å²) < 4.78 is 31.1. The maximum absolute atomic E-state index is 13.5. The zero-order valence-electron chi connectivity index (χ0n) is 11.0. The van der Waals surface area contributed by atoms with Gasteiger partial charge in [0.05, 0.1) is 6.61 Å². The lowest BCUT2D eigenvalue weighted by molar-refractivity contribution is -0.172. The summed E-state index contributed by atoms with van der Waals surface area (Å²) in [6.07, 6.45) is 0.0100. The first-order valence-corrected chi connectivity index (χ1v) is 7.34. The van der Waals surface area contributed by atoms with Crippen LogP contribution < -0.4 is 0 Å². The molecule has 0 amide bonds. The number of esters is 1. The van der Waals surface area contributed by atoms with Crippen LogP contribution in [-0.4, -0.2) is 22.4 Å². The Morgan fingerprint density at radius 3 is 2.47 bits per heavy atom. The molecule has 1 aromatic rings. The van der Waals surface area contributed by atoms with E-state index in [4.69, 9.17) is 0 Å². The first kappa shape index (κ1) is 16.3. The van der Waals surface area contributed by atoms with Crippen LogP contribution in [0, 0.1) is 6.92 Å². The predicted octanol–water partition coefficient (Wildman–Crippen LogP) is 3.93. The summed E-state index contributed by atoms with van der Waals surface area (Å²) in [4.78, 5) is 11.1. The van der Waals surface area contributed by atoms with Crippen molar-refractivity contribution in [3.63, 3.8) is 0 Å². The second-order valence-corrected chi connectivity index (χ2v) is 6.18. The van der Waals surface area contributed by atoms with Crippen molar-refractivity contribution in [2.24, 2.45) is 0 Å². The van der Waals surface area contributed by atoms with Crippen LogP contribution in [0.5, 0.6) is 0 Å². The quantitative estimate of drug-likeness (QED) is 0.424. The Morgan fingerprint density at radius 2 is 1.95 bits per heavy atom. The van der Waals surface area contributed by atoms with Gasteiger partial charge in [-0.1, -0.05) is 52.4 Å². The molecule has 0 bridgehead atoms. The number of alkyl halides is 3. The molecule has 0 aliphatic carbocycles. The zero-order valence-corrected chi connectivity index (χ0v) is 13.1. The summed E-state index contributed by atoms with van der Waals surface area (Å²) in [5.74, 6) is -4.84. The number of aryl methyl sites for hydroxylation is 1. The number of ether oxygens (including phenoxy) is 1. The fourth-order valence-electron chi connectivity index (χ4n) is 1.65. The summed E-state index contributed by atoms with van der Waals surface area (Å²) in [6, 6.07) is 7.73. The van der Waals surface area contributed by atoms with Gasteiger partial charge in [0, 0.05) is 10.3 Å². The van der Waals surface area contributed by atoms with E-state index in [1.165, 1.54) is 6.92 Å². The van der Waals surface area contributed by atoms with E-state index in [2.05, 4.69) is 4.74 Å². The van der Waals surface area contributed by atoms with Crippen LogP contribution in [0.15, 0.2) is 24.3 Å². The summed E-state index contributed by atoms with van der Waals surface area (Å²) in [6.45, 7) is 3.46. The number of hydrogen-bond acceptors (Lipinski definition) is 2. The van der Waals surface area contributed by atoms with Gasteiger partial charge in [-0.2, -0.15) is 8.78 Å². The van der Waals surface area contributed by atoms with Crippen molar-refractivity contribution in [3.05, 3.63) is 35.4 Å². The molecule has 5 heteroatoms. The Kier molecular flexibility index (Phi) is 6.16. The summed E-state index contributed by atoms with van der Waals surface area (Å²) in [5.41, 5.74) is 2.12. The molecule has 0 aromatic heterocycles. The van der Waals surface area contributed by atoms with Crippen molar-refractivity contribution in [2.45, 2.75) is 36.5 Å².